The number of halogens is 1. The van der Waals surface area contributed by atoms with E-state index < -0.39 is 0 Å². The van der Waals surface area contributed by atoms with Crippen LogP contribution in [-0.2, 0) is 11.2 Å². The number of thioether (sulfide) groups is 1. The second kappa shape index (κ2) is 6.69. The molecule has 0 saturated carbocycles. The van der Waals surface area contributed by atoms with Crippen LogP contribution in [0, 0.1) is 0 Å². The Balaban J connectivity index is 2.06. The second-order valence-corrected chi connectivity index (χ2v) is 7.29. The van der Waals surface area contributed by atoms with Gasteiger partial charge in [-0.3, -0.25) is 0 Å². The maximum atomic E-state index is 6.16. The van der Waals surface area contributed by atoms with Gasteiger partial charge in [0.2, 0.25) is 0 Å². The summed E-state index contributed by atoms with van der Waals surface area (Å²) < 4.78 is 0. The predicted octanol–water partition coefficient (Wildman–Crippen LogP) is 4.61. The highest BCUT2D eigenvalue weighted by Gasteiger charge is 2.13. The molecule has 0 amide bonds. The molecule has 2 rings (SSSR count). The van der Waals surface area contributed by atoms with Gasteiger partial charge in [0.1, 0.15) is 5.82 Å². The number of anilines is 1. The maximum absolute atomic E-state index is 6.16. The van der Waals surface area contributed by atoms with Crippen molar-refractivity contribution in [1.82, 2.24) is 4.98 Å². The standard InChI is InChI=1S/C16H20ClN3S/c1-16(2,3)11-4-6-12(7-5-11)21-10-14-13(17)8-9-15(19-14)20-18/h4-9H,10,18H2,1-3H3,(H,19,20). The van der Waals surface area contributed by atoms with E-state index in [1.165, 1.54) is 10.5 Å². The van der Waals surface area contributed by atoms with Gasteiger partial charge >= 0.3 is 0 Å². The molecule has 3 N–H and O–H groups in total. The topological polar surface area (TPSA) is 50.9 Å². The van der Waals surface area contributed by atoms with Crippen molar-refractivity contribution in [3.8, 4) is 0 Å². The van der Waals surface area contributed by atoms with Crippen LogP contribution in [0.25, 0.3) is 0 Å². The molecule has 0 bridgehead atoms. The van der Waals surface area contributed by atoms with Crippen LogP contribution in [0.5, 0.6) is 0 Å². The molecule has 0 atom stereocenters. The van der Waals surface area contributed by atoms with Crippen molar-refractivity contribution >= 4 is 29.2 Å². The molecule has 0 saturated heterocycles. The van der Waals surface area contributed by atoms with Crippen LogP contribution in [0.1, 0.15) is 32.0 Å². The summed E-state index contributed by atoms with van der Waals surface area (Å²) in [4.78, 5) is 5.57. The first kappa shape index (κ1) is 16.1. The minimum absolute atomic E-state index is 0.176. The van der Waals surface area contributed by atoms with Gasteiger partial charge in [0.05, 0.1) is 10.7 Å². The lowest BCUT2D eigenvalue weighted by molar-refractivity contribution is 0.590. The molecule has 0 radical (unpaired) electrons. The van der Waals surface area contributed by atoms with Gasteiger partial charge in [0.15, 0.2) is 0 Å². The van der Waals surface area contributed by atoms with Gasteiger partial charge in [-0.25, -0.2) is 10.8 Å². The van der Waals surface area contributed by atoms with Crippen molar-refractivity contribution < 1.29 is 0 Å². The molecular formula is C16H20ClN3S. The SMILES string of the molecule is CC(C)(C)c1ccc(SCc2nc(NN)ccc2Cl)cc1. The number of nitrogen functional groups attached to an aromatic ring is 1. The van der Waals surface area contributed by atoms with Gasteiger partial charge in [-0.15, -0.1) is 11.8 Å². The summed E-state index contributed by atoms with van der Waals surface area (Å²) in [6.45, 7) is 6.64. The average molecular weight is 322 g/mol. The van der Waals surface area contributed by atoms with Crippen molar-refractivity contribution in [1.29, 1.82) is 0 Å². The molecule has 5 heteroatoms. The van der Waals surface area contributed by atoms with Crippen LogP contribution in [0.15, 0.2) is 41.3 Å². The average Bonchev–Trinajstić information content (AvgIpc) is 2.46. The zero-order valence-electron chi connectivity index (χ0n) is 12.5. The molecular weight excluding hydrogens is 302 g/mol. The molecule has 1 aromatic carbocycles. The lowest BCUT2D eigenvalue weighted by atomic mass is 9.87. The molecule has 1 heterocycles. The highest BCUT2D eigenvalue weighted by Crippen LogP contribution is 2.29. The number of hydrogen-bond acceptors (Lipinski definition) is 4. The van der Waals surface area contributed by atoms with Crippen LogP contribution in [0.2, 0.25) is 5.02 Å². The van der Waals surface area contributed by atoms with E-state index in [-0.39, 0.29) is 5.41 Å². The third-order valence-corrected chi connectivity index (χ3v) is 4.53. The van der Waals surface area contributed by atoms with Crippen LogP contribution < -0.4 is 11.3 Å². The summed E-state index contributed by atoms with van der Waals surface area (Å²) in [6, 6.07) is 12.2. The van der Waals surface area contributed by atoms with Crippen LogP contribution in [0.4, 0.5) is 5.82 Å². The lowest BCUT2D eigenvalue weighted by Gasteiger charge is -2.19. The molecule has 0 fully saturated rings. The Kier molecular flexibility index (Phi) is 5.14. The predicted molar refractivity (Wildman–Crippen MR) is 91.8 cm³/mol. The Morgan fingerprint density at radius 2 is 1.81 bits per heavy atom. The second-order valence-electron chi connectivity index (χ2n) is 5.83. The van der Waals surface area contributed by atoms with E-state index in [0.29, 0.717) is 16.6 Å². The monoisotopic (exact) mass is 321 g/mol. The summed E-state index contributed by atoms with van der Waals surface area (Å²) in [5.74, 6) is 6.71. The Morgan fingerprint density at radius 1 is 1.14 bits per heavy atom. The zero-order chi connectivity index (χ0) is 15.5. The Hall–Kier alpha value is -1.23. The number of hydrazine groups is 1. The number of nitrogens with one attached hydrogen (secondary N) is 1. The number of hydrogen-bond donors (Lipinski definition) is 2. The molecule has 21 heavy (non-hydrogen) atoms. The van der Waals surface area contributed by atoms with Crippen molar-refractivity contribution in [3.05, 3.63) is 52.7 Å². The van der Waals surface area contributed by atoms with Gasteiger partial charge in [0, 0.05) is 10.6 Å². The smallest absolute Gasteiger partial charge is 0.140 e. The summed E-state index contributed by atoms with van der Waals surface area (Å²) in [7, 11) is 0. The fraction of sp³-hybridized carbons (Fsp3) is 0.312. The van der Waals surface area contributed by atoms with E-state index in [4.69, 9.17) is 17.4 Å². The normalized spacial score (nSPS) is 11.5. The van der Waals surface area contributed by atoms with Gasteiger partial charge in [-0.1, -0.05) is 44.5 Å². The van der Waals surface area contributed by atoms with Crippen LogP contribution in [0.3, 0.4) is 0 Å². The first-order chi connectivity index (χ1) is 9.90. The van der Waals surface area contributed by atoms with Crippen molar-refractivity contribution in [2.45, 2.75) is 36.8 Å². The van der Waals surface area contributed by atoms with E-state index >= 15 is 0 Å². The first-order valence-electron chi connectivity index (χ1n) is 6.75. The van der Waals surface area contributed by atoms with Crippen molar-refractivity contribution in [3.63, 3.8) is 0 Å². The molecule has 1 aromatic heterocycles. The Bertz CT molecular complexity index is 606. The minimum Gasteiger partial charge on any atom is -0.308 e. The van der Waals surface area contributed by atoms with Gasteiger partial charge < -0.3 is 5.43 Å². The third kappa shape index (κ3) is 4.37. The molecule has 112 valence electrons. The largest absolute Gasteiger partial charge is 0.308 e. The molecule has 0 spiro atoms. The molecule has 0 aliphatic heterocycles. The van der Waals surface area contributed by atoms with E-state index in [1.807, 2.05) is 6.07 Å². The number of benzene rings is 1. The quantitative estimate of drug-likeness (QED) is 0.490. The molecule has 0 aliphatic rings. The summed E-state index contributed by atoms with van der Waals surface area (Å²) in [6.07, 6.45) is 0. The zero-order valence-corrected chi connectivity index (χ0v) is 14.1. The minimum atomic E-state index is 0.176. The Labute approximate surface area is 135 Å². The van der Waals surface area contributed by atoms with E-state index in [2.05, 4.69) is 55.4 Å². The maximum Gasteiger partial charge on any atom is 0.140 e. The van der Waals surface area contributed by atoms with Crippen LogP contribution >= 0.6 is 23.4 Å². The number of rotatable bonds is 4. The first-order valence-corrected chi connectivity index (χ1v) is 8.12. The number of pyridine rings is 1. The number of nitrogens with two attached hydrogens (primary N) is 1. The molecule has 2 aromatic rings. The van der Waals surface area contributed by atoms with Crippen molar-refractivity contribution in [2.24, 2.45) is 5.84 Å². The fourth-order valence-corrected chi connectivity index (χ4v) is 2.97. The summed E-state index contributed by atoms with van der Waals surface area (Å²) >= 11 is 7.87. The van der Waals surface area contributed by atoms with Crippen molar-refractivity contribution in [2.75, 3.05) is 5.43 Å². The Morgan fingerprint density at radius 3 is 2.38 bits per heavy atom. The number of aromatic nitrogens is 1. The van der Waals surface area contributed by atoms with Gasteiger partial charge in [-0.2, -0.15) is 0 Å². The lowest BCUT2D eigenvalue weighted by Crippen LogP contribution is -2.10. The highest BCUT2D eigenvalue weighted by molar-refractivity contribution is 7.98. The van der Waals surface area contributed by atoms with Gasteiger partial charge in [0.25, 0.3) is 0 Å². The van der Waals surface area contributed by atoms with Crippen LogP contribution in [-0.4, -0.2) is 4.98 Å². The van der Waals surface area contributed by atoms with E-state index in [1.54, 1.807) is 17.8 Å². The van der Waals surface area contributed by atoms with E-state index in [0.717, 1.165) is 5.69 Å². The highest BCUT2D eigenvalue weighted by atomic mass is 35.5. The summed E-state index contributed by atoms with van der Waals surface area (Å²) in [5.41, 5.74) is 4.88. The fourth-order valence-electron chi connectivity index (χ4n) is 1.87. The molecule has 0 unspecified atom stereocenters. The molecule has 3 nitrogen and oxygen atoms in total. The molecule has 0 aliphatic carbocycles. The third-order valence-electron chi connectivity index (χ3n) is 3.16. The van der Waals surface area contributed by atoms with E-state index in [9.17, 15) is 0 Å². The van der Waals surface area contributed by atoms with Gasteiger partial charge in [-0.05, 0) is 35.2 Å². The number of nitrogens with zero attached hydrogens (tertiary/aromatic N) is 1. The summed E-state index contributed by atoms with van der Waals surface area (Å²) in [5, 5.41) is 0.660.